The average Bonchev–Trinajstić information content (AvgIpc) is 2.44. The van der Waals surface area contributed by atoms with Crippen molar-refractivity contribution in [1.82, 2.24) is 5.32 Å². The van der Waals surface area contributed by atoms with Crippen LogP contribution in [0.15, 0.2) is 45.9 Å². The van der Waals surface area contributed by atoms with E-state index in [0.29, 0.717) is 27.6 Å². The molecule has 1 atom stereocenters. The largest absolute Gasteiger partial charge is 0.478 e. The van der Waals surface area contributed by atoms with E-state index in [2.05, 4.69) is 10.5 Å². The van der Waals surface area contributed by atoms with Gasteiger partial charge in [-0.05, 0) is 25.5 Å². The first kappa shape index (κ1) is 16.4. The topological polar surface area (TPSA) is 81.9 Å². The standard InChI is InChI=1S/C15H14Cl2N2O3/c1-7-10(6-18-22)13(12(15(20)21)8(2)19-7)9-4-3-5-11(16)14(9)17/h3-6,13,19,22H,1-2H3,(H,20,21). The zero-order valence-corrected chi connectivity index (χ0v) is 13.4. The Kier molecular flexibility index (Phi) is 4.78. The van der Waals surface area contributed by atoms with Gasteiger partial charge in [0.25, 0.3) is 0 Å². The summed E-state index contributed by atoms with van der Waals surface area (Å²) in [6, 6.07) is 5.03. The average molecular weight is 341 g/mol. The lowest BCUT2D eigenvalue weighted by Gasteiger charge is -2.29. The van der Waals surface area contributed by atoms with Crippen LogP contribution in [-0.4, -0.2) is 22.5 Å². The third-order valence-corrected chi connectivity index (χ3v) is 4.36. The number of carboxylic acid groups (broad SMARTS) is 1. The predicted molar refractivity (Wildman–Crippen MR) is 85.7 cm³/mol. The number of carbonyl (C=O) groups is 1. The van der Waals surface area contributed by atoms with Crippen molar-refractivity contribution in [2.45, 2.75) is 19.8 Å². The van der Waals surface area contributed by atoms with Gasteiger partial charge < -0.3 is 15.6 Å². The van der Waals surface area contributed by atoms with Gasteiger partial charge in [0, 0.05) is 22.9 Å². The number of nitrogens with zero attached hydrogens (tertiary/aromatic N) is 1. The fourth-order valence-corrected chi connectivity index (χ4v) is 3.01. The Hall–Kier alpha value is -1.98. The summed E-state index contributed by atoms with van der Waals surface area (Å²) in [5, 5.41) is 25.1. The summed E-state index contributed by atoms with van der Waals surface area (Å²) >= 11 is 12.3. The summed E-state index contributed by atoms with van der Waals surface area (Å²) in [4.78, 5) is 11.7. The summed E-state index contributed by atoms with van der Waals surface area (Å²) in [7, 11) is 0. The van der Waals surface area contributed by atoms with Crippen LogP contribution in [0.2, 0.25) is 10.0 Å². The van der Waals surface area contributed by atoms with Crippen molar-refractivity contribution in [1.29, 1.82) is 0 Å². The monoisotopic (exact) mass is 340 g/mol. The Morgan fingerprint density at radius 2 is 2.00 bits per heavy atom. The van der Waals surface area contributed by atoms with Gasteiger partial charge in [-0.15, -0.1) is 0 Å². The number of benzene rings is 1. The number of oxime groups is 1. The number of halogens is 2. The zero-order valence-electron chi connectivity index (χ0n) is 11.9. The molecular formula is C15H14Cl2N2O3. The van der Waals surface area contributed by atoms with Crippen molar-refractivity contribution in [3.8, 4) is 0 Å². The van der Waals surface area contributed by atoms with Crippen LogP contribution < -0.4 is 5.32 Å². The van der Waals surface area contributed by atoms with Crippen LogP contribution in [0, 0.1) is 0 Å². The first-order valence-corrected chi connectivity index (χ1v) is 7.17. The molecule has 0 bridgehead atoms. The molecule has 0 aliphatic carbocycles. The van der Waals surface area contributed by atoms with Crippen LogP contribution in [-0.2, 0) is 4.79 Å². The van der Waals surface area contributed by atoms with Crippen molar-refractivity contribution in [3.05, 3.63) is 56.3 Å². The molecule has 116 valence electrons. The molecule has 1 unspecified atom stereocenters. The highest BCUT2D eigenvalue weighted by Gasteiger charge is 2.34. The molecule has 7 heteroatoms. The lowest BCUT2D eigenvalue weighted by atomic mass is 9.81. The summed E-state index contributed by atoms with van der Waals surface area (Å²) in [6.45, 7) is 3.44. The maximum atomic E-state index is 11.7. The molecule has 0 radical (unpaired) electrons. The molecule has 0 amide bonds. The molecule has 1 aliphatic heterocycles. The Labute approximate surface area is 137 Å². The fourth-order valence-electron chi connectivity index (χ4n) is 2.59. The number of rotatable bonds is 3. The molecule has 1 heterocycles. The third kappa shape index (κ3) is 2.82. The molecule has 0 aromatic heterocycles. The first-order chi connectivity index (χ1) is 10.4. The first-order valence-electron chi connectivity index (χ1n) is 6.41. The van der Waals surface area contributed by atoms with Crippen molar-refractivity contribution < 1.29 is 15.1 Å². The highest BCUT2D eigenvalue weighted by molar-refractivity contribution is 6.42. The van der Waals surface area contributed by atoms with E-state index in [1.807, 2.05) is 0 Å². The van der Waals surface area contributed by atoms with E-state index in [-0.39, 0.29) is 10.6 Å². The molecular weight excluding hydrogens is 327 g/mol. The van der Waals surface area contributed by atoms with Gasteiger partial charge in [-0.1, -0.05) is 40.5 Å². The van der Waals surface area contributed by atoms with E-state index in [1.165, 1.54) is 6.21 Å². The molecule has 0 spiro atoms. The number of aliphatic carboxylic acids is 1. The molecule has 22 heavy (non-hydrogen) atoms. The van der Waals surface area contributed by atoms with Gasteiger partial charge >= 0.3 is 5.97 Å². The van der Waals surface area contributed by atoms with Gasteiger partial charge in [0.1, 0.15) is 0 Å². The maximum absolute atomic E-state index is 11.7. The molecule has 1 aliphatic rings. The van der Waals surface area contributed by atoms with Gasteiger partial charge in [0.2, 0.25) is 0 Å². The molecule has 2 rings (SSSR count). The minimum Gasteiger partial charge on any atom is -0.478 e. The number of dihydropyridines is 1. The maximum Gasteiger partial charge on any atom is 0.334 e. The Morgan fingerprint density at radius 1 is 1.32 bits per heavy atom. The Balaban J connectivity index is 2.75. The zero-order chi connectivity index (χ0) is 16.4. The highest BCUT2D eigenvalue weighted by Crippen LogP contribution is 2.42. The smallest absolute Gasteiger partial charge is 0.334 e. The molecule has 0 saturated carbocycles. The summed E-state index contributed by atoms with van der Waals surface area (Å²) in [5.74, 6) is -1.76. The molecule has 1 aromatic carbocycles. The quantitative estimate of drug-likeness (QED) is 0.444. The van der Waals surface area contributed by atoms with Crippen LogP contribution in [0.1, 0.15) is 25.3 Å². The molecule has 0 saturated heterocycles. The van der Waals surface area contributed by atoms with Gasteiger partial charge in [-0.3, -0.25) is 0 Å². The van der Waals surface area contributed by atoms with Crippen molar-refractivity contribution in [2.75, 3.05) is 0 Å². The number of hydrogen-bond donors (Lipinski definition) is 3. The molecule has 1 aromatic rings. The normalized spacial score (nSPS) is 18.8. The van der Waals surface area contributed by atoms with E-state index in [9.17, 15) is 9.90 Å². The van der Waals surface area contributed by atoms with Crippen LogP contribution in [0.5, 0.6) is 0 Å². The van der Waals surface area contributed by atoms with E-state index in [4.69, 9.17) is 28.4 Å². The highest BCUT2D eigenvalue weighted by atomic mass is 35.5. The van der Waals surface area contributed by atoms with Crippen LogP contribution in [0.4, 0.5) is 0 Å². The lowest BCUT2D eigenvalue weighted by molar-refractivity contribution is -0.133. The minimum absolute atomic E-state index is 0.129. The molecule has 0 fully saturated rings. The van der Waals surface area contributed by atoms with E-state index in [1.54, 1.807) is 32.0 Å². The summed E-state index contributed by atoms with van der Waals surface area (Å²) in [5.41, 5.74) is 2.36. The van der Waals surface area contributed by atoms with Crippen LogP contribution in [0.3, 0.4) is 0 Å². The Bertz CT molecular complexity index is 723. The third-order valence-electron chi connectivity index (χ3n) is 3.53. The van der Waals surface area contributed by atoms with E-state index >= 15 is 0 Å². The minimum atomic E-state index is -1.08. The lowest BCUT2D eigenvalue weighted by Crippen LogP contribution is -2.28. The van der Waals surface area contributed by atoms with Crippen LogP contribution in [0.25, 0.3) is 0 Å². The van der Waals surface area contributed by atoms with Crippen molar-refractivity contribution in [2.24, 2.45) is 5.16 Å². The molecule has 5 nitrogen and oxygen atoms in total. The second-order valence-electron chi connectivity index (χ2n) is 4.87. The van der Waals surface area contributed by atoms with E-state index in [0.717, 1.165) is 0 Å². The second-order valence-corrected chi connectivity index (χ2v) is 5.65. The van der Waals surface area contributed by atoms with Crippen molar-refractivity contribution in [3.63, 3.8) is 0 Å². The van der Waals surface area contributed by atoms with Gasteiger partial charge in [0.05, 0.1) is 21.8 Å². The summed E-state index contributed by atoms with van der Waals surface area (Å²) in [6.07, 6.45) is 1.21. The Morgan fingerprint density at radius 3 is 2.59 bits per heavy atom. The van der Waals surface area contributed by atoms with Gasteiger partial charge in [0.15, 0.2) is 0 Å². The summed E-state index contributed by atoms with van der Waals surface area (Å²) < 4.78 is 0. The van der Waals surface area contributed by atoms with Crippen LogP contribution >= 0.6 is 23.2 Å². The van der Waals surface area contributed by atoms with Gasteiger partial charge in [-0.25, -0.2) is 4.79 Å². The van der Waals surface area contributed by atoms with Crippen molar-refractivity contribution >= 4 is 35.4 Å². The predicted octanol–water partition coefficient (Wildman–Crippen LogP) is 3.77. The number of allylic oxidation sites excluding steroid dienone is 3. The van der Waals surface area contributed by atoms with Gasteiger partial charge in [-0.2, -0.15) is 0 Å². The molecule has 3 N–H and O–H groups in total. The van der Waals surface area contributed by atoms with E-state index < -0.39 is 11.9 Å². The number of hydrogen-bond acceptors (Lipinski definition) is 4. The second kappa shape index (κ2) is 6.42. The fraction of sp³-hybridized carbons (Fsp3) is 0.200. The number of nitrogens with one attached hydrogen (secondary N) is 1. The SMILES string of the molecule is CC1=C(C=NO)C(c2cccc(Cl)c2Cl)C(C(=O)O)=C(C)N1. The number of carboxylic acids is 1.